The summed E-state index contributed by atoms with van der Waals surface area (Å²) in [5.74, 6) is -0.376. The number of thioether (sulfide) groups is 1. The molecule has 1 heterocycles. The van der Waals surface area contributed by atoms with Crippen molar-refractivity contribution in [2.24, 2.45) is 15.9 Å². The number of amides is 1. The number of rotatable bonds is 4. The molecule has 27 heavy (non-hydrogen) atoms. The Labute approximate surface area is 164 Å². The second-order valence-electron chi connectivity index (χ2n) is 6.23. The molecule has 0 fully saturated rings. The van der Waals surface area contributed by atoms with Crippen LogP contribution < -0.4 is 11.1 Å². The van der Waals surface area contributed by atoms with E-state index in [1.54, 1.807) is 12.1 Å². The number of carbonyl (C=O) groups excluding carboxylic acids is 1. The van der Waals surface area contributed by atoms with E-state index in [4.69, 9.17) is 17.3 Å². The van der Waals surface area contributed by atoms with Crippen molar-refractivity contribution in [2.45, 2.75) is 18.9 Å². The van der Waals surface area contributed by atoms with Crippen molar-refractivity contribution >= 4 is 45.8 Å². The van der Waals surface area contributed by atoms with Gasteiger partial charge in [0.15, 0.2) is 5.17 Å². The molecule has 3 rings (SSSR count). The summed E-state index contributed by atoms with van der Waals surface area (Å²) in [6, 6.07) is 8.46. The Hall–Kier alpha value is -2.45. The van der Waals surface area contributed by atoms with Gasteiger partial charge in [-0.3, -0.25) is 9.79 Å². The van der Waals surface area contributed by atoms with Crippen LogP contribution in [0.3, 0.4) is 0 Å². The highest BCUT2D eigenvalue weighted by molar-refractivity contribution is 8.13. The van der Waals surface area contributed by atoms with Gasteiger partial charge in [-0.05, 0) is 54.4 Å². The fourth-order valence-corrected chi connectivity index (χ4v) is 4.02. The number of halogens is 2. The molecule has 140 valence electrons. The number of nitroso groups, excluding NO2 is 1. The Bertz CT molecular complexity index is 953. The molecule has 0 radical (unpaired) electrons. The average molecular weight is 407 g/mol. The van der Waals surface area contributed by atoms with Crippen LogP contribution in [0, 0.1) is 10.7 Å². The van der Waals surface area contributed by atoms with E-state index in [2.05, 4.69) is 15.5 Å². The monoisotopic (exact) mass is 406 g/mol. The molecule has 0 bridgehead atoms. The number of aliphatic imine (C=N–C) groups is 1. The number of nitrogens with zero attached hydrogens (tertiary/aromatic N) is 2. The van der Waals surface area contributed by atoms with E-state index in [0.29, 0.717) is 5.17 Å². The van der Waals surface area contributed by atoms with Crippen molar-refractivity contribution in [3.63, 3.8) is 0 Å². The molecule has 1 atom stereocenters. The standard InChI is InChI=1S/C18H16ClFN4O2S/c1-18(6-7-27-17(21)23-18)10-2-5-14(20)15(8-10)22-16(25)12-4-3-11(24-26)9-13(12)19/h2-5,8-9H,6-7H2,1H3,(H2,21,23)(H,22,25). The van der Waals surface area contributed by atoms with E-state index in [1.165, 1.54) is 36.0 Å². The quantitative estimate of drug-likeness (QED) is 0.713. The van der Waals surface area contributed by atoms with Crippen LogP contribution in [0.4, 0.5) is 15.8 Å². The third kappa shape index (κ3) is 4.12. The van der Waals surface area contributed by atoms with Gasteiger partial charge in [0, 0.05) is 5.75 Å². The lowest BCUT2D eigenvalue weighted by Gasteiger charge is -2.30. The predicted molar refractivity (Wildman–Crippen MR) is 107 cm³/mol. The SMILES string of the molecule is CC1(c2ccc(F)c(NC(=O)c3ccc(N=O)cc3Cl)c2)CCSC(N)=N1. The maximum Gasteiger partial charge on any atom is 0.257 e. The van der Waals surface area contributed by atoms with Crippen LogP contribution in [0.25, 0.3) is 0 Å². The summed E-state index contributed by atoms with van der Waals surface area (Å²) < 4.78 is 14.3. The predicted octanol–water partition coefficient (Wildman–Crippen LogP) is 4.80. The van der Waals surface area contributed by atoms with Gasteiger partial charge in [0.1, 0.15) is 11.5 Å². The first-order chi connectivity index (χ1) is 12.8. The van der Waals surface area contributed by atoms with Gasteiger partial charge in [-0.2, -0.15) is 0 Å². The Balaban J connectivity index is 1.90. The van der Waals surface area contributed by atoms with Crippen LogP contribution in [-0.4, -0.2) is 16.8 Å². The number of hydrogen-bond acceptors (Lipinski definition) is 6. The molecule has 0 saturated carbocycles. The van der Waals surface area contributed by atoms with Crippen molar-refractivity contribution in [2.75, 3.05) is 11.1 Å². The number of amidine groups is 1. The van der Waals surface area contributed by atoms with E-state index < -0.39 is 17.3 Å². The first kappa shape index (κ1) is 19.3. The van der Waals surface area contributed by atoms with Crippen molar-refractivity contribution in [3.05, 3.63) is 63.3 Å². The highest BCUT2D eigenvalue weighted by atomic mass is 35.5. The molecule has 2 aromatic carbocycles. The molecule has 0 spiro atoms. The highest BCUT2D eigenvalue weighted by Crippen LogP contribution is 2.36. The second kappa shape index (κ2) is 7.66. The summed E-state index contributed by atoms with van der Waals surface area (Å²) in [7, 11) is 0. The van der Waals surface area contributed by atoms with Gasteiger partial charge in [-0.25, -0.2) is 4.39 Å². The molecule has 9 heteroatoms. The summed E-state index contributed by atoms with van der Waals surface area (Å²) >= 11 is 7.49. The second-order valence-corrected chi connectivity index (χ2v) is 7.75. The number of anilines is 1. The van der Waals surface area contributed by atoms with Crippen molar-refractivity contribution in [1.29, 1.82) is 0 Å². The molecule has 3 N–H and O–H groups in total. The summed E-state index contributed by atoms with van der Waals surface area (Å²) in [5.41, 5.74) is 6.22. The molecule has 1 amide bonds. The Kier molecular flexibility index (Phi) is 5.48. The molecule has 0 aromatic heterocycles. The first-order valence-corrected chi connectivity index (χ1v) is 9.41. The number of carbonyl (C=O) groups is 1. The van der Waals surface area contributed by atoms with E-state index in [9.17, 15) is 14.1 Å². The minimum absolute atomic E-state index is 0.0133. The molecule has 6 nitrogen and oxygen atoms in total. The maximum atomic E-state index is 14.3. The number of hydrogen-bond donors (Lipinski definition) is 2. The largest absolute Gasteiger partial charge is 0.379 e. The van der Waals surface area contributed by atoms with Crippen molar-refractivity contribution in [1.82, 2.24) is 0 Å². The number of benzene rings is 2. The molecule has 1 unspecified atom stereocenters. The molecule has 1 aliphatic heterocycles. The molecule has 0 aliphatic carbocycles. The third-order valence-electron chi connectivity index (χ3n) is 4.33. The molecule has 1 aliphatic rings. The van der Waals surface area contributed by atoms with E-state index in [1.807, 2.05) is 6.92 Å². The fourth-order valence-electron chi connectivity index (χ4n) is 2.79. The van der Waals surface area contributed by atoms with Gasteiger partial charge < -0.3 is 11.1 Å². The van der Waals surface area contributed by atoms with Gasteiger partial charge >= 0.3 is 0 Å². The third-order valence-corrected chi connectivity index (χ3v) is 5.44. The molecule has 2 aromatic rings. The van der Waals surface area contributed by atoms with Crippen LogP contribution in [0.2, 0.25) is 5.02 Å². The topological polar surface area (TPSA) is 96.9 Å². The minimum Gasteiger partial charge on any atom is -0.379 e. The van der Waals surface area contributed by atoms with Crippen LogP contribution in [0.1, 0.15) is 29.3 Å². The normalized spacial score (nSPS) is 19.3. The van der Waals surface area contributed by atoms with Crippen LogP contribution >= 0.6 is 23.4 Å². The maximum absolute atomic E-state index is 14.3. The van der Waals surface area contributed by atoms with Crippen molar-refractivity contribution in [3.8, 4) is 0 Å². The molecular formula is C18H16ClFN4O2S. The lowest BCUT2D eigenvalue weighted by atomic mass is 9.89. The zero-order valence-corrected chi connectivity index (χ0v) is 15.9. The zero-order chi connectivity index (χ0) is 19.6. The van der Waals surface area contributed by atoms with Gasteiger partial charge in [0.2, 0.25) is 0 Å². The minimum atomic E-state index is -0.596. The smallest absolute Gasteiger partial charge is 0.257 e. The van der Waals surface area contributed by atoms with Gasteiger partial charge in [0.25, 0.3) is 5.91 Å². The lowest BCUT2D eigenvalue weighted by molar-refractivity contribution is 0.102. The van der Waals surface area contributed by atoms with Gasteiger partial charge in [-0.15, -0.1) is 4.91 Å². The number of nitrogens with one attached hydrogen (secondary N) is 1. The van der Waals surface area contributed by atoms with Gasteiger partial charge in [0.05, 0.1) is 21.8 Å². The van der Waals surface area contributed by atoms with E-state index >= 15 is 0 Å². The van der Waals surface area contributed by atoms with Crippen LogP contribution in [-0.2, 0) is 5.54 Å². The summed E-state index contributed by atoms with van der Waals surface area (Å²) in [4.78, 5) is 27.5. The summed E-state index contributed by atoms with van der Waals surface area (Å²) in [6.45, 7) is 1.92. The van der Waals surface area contributed by atoms with E-state index in [-0.39, 0.29) is 22.0 Å². The number of nitrogens with two attached hydrogens (primary N) is 1. The molecule has 0 saturated heterocycles. The first-order valence-electron chi connectivity index (χ1n) is 8.05. The summed E-state index contributed by atoms with van der Waals surface area (Å²) in [6.07, 6.45) is 0.739. The highest BCUT2D eigenvalue weighted by Gasteiger charge is 2.30. The van der Waals surface area contributed by atoms with Crippen LogP contribution in [0.5, 0.6) is 0 Å². The average Bonchev–Trinajstić information content (AvgIpc) is 2.63. The molecular weight excluding hydrogens is 391 g/mol. The Morgan fingerprint density at radius 1 is 1.37 bits per heavy atom. The lowest BCUT2D eigenvalue weighted by Crippen LogP contribution is -2.29. The Morgan fingerprint density at radius 3 is 2.81 bits per heavy atom. The van der Waals surface area contributed by atoms with Crippen molar-refractivity contribution < 1.29 is 9.18 Å². The zero-order valence-electron chi connectivity index (χ0n) is 14.3. The Morgan fingerprint density at radius 2 is 2.15 bits per heavy atom. The van der Waals surface area contributed by atoms with E-state index in [0.717, 1.165) is 17.7 Å². The van der Waals surface area contributed by atoms with Gasteiger partial charge in [-0.1, -0.05) is 29.4 Å². The summed E-state index contributed by atoms with van der Waals surface area (Å²) in [5, 5.41) is 5.81. The van der Waals surface area contributed by atoms with Crippen LogP contribution in [0.15, 0.2) is 46.6 Å². The fraction of sp³-hybridized carbons (Fsp3) is 0.222.